The predicted molar refractivity (Wildman–Crippen MR) is 109 cm³/mol. The van der Waals surface area contributed by atoms with Gasteiger partial charge in [-0.15, -0.1) is 0 Å². The van der Waals surface area contributed by atoms with Crippen LogP contribution >= 0.6 is 0 Å². The molecule has 0 unspecified atom stereocenters. The first kappa shape index (κ1) is 21.9. The summed E-state index contributed by atoms with van der Waals surface area (Å²) in [5, 5.41) is 14.2. The smallest absolute Gasteiger partial charge is 0.323 e. The maximum atomic E-state index is 13.5. The van der Waals surface area contributed by atoms with Crippen LogP contribution < -0.4 is 4.74 Å². The maximum absolute atomic E-state index is 13.5. The number of benzene rings is 2. The highest BCUT2D eigenvalue weighted by molar-refractivity contribution is 6.02. The van der Waals surface area contributed by atoms with E-state index in [0.717, 1.165) is 0 Å². The Morgan fingerprint density at radius 1 is 1.03 bits per heavy atom. The number of methoxy groups -OCH3 is 1. The molecule has 2 aromatic carbocycles. The molecule has 0 aliphatic heterocycles. The first-order chi connectivity index (χ1) is 13.6. The van der Waals surface area contributed by atoms with Crippen LogP contribution in [0.1, 0.15) is 48.4 Å². The highest BCUT2D eigenvalue weighted by Gasteiger charge is 2.38. The van der Waals surface area contributed by atoms with Gasteiger partial charge < -0.3 is 4.74 Å². The Kier molecular flexibility index (Phi) is 6.58. The molecule has 29 heavy (non-hydrogen) atoms. The van der Waals surface area contributed by atoms with E-state index in [1.54, 1.807) is 58.0 Å². The molecule has 0 heterocycles. The van der Waals surface area contributed by atoms with Gasteiger partial charge in [-0.3, -0.25) is 19.7 Å². The van der Waals surface area contributed by atoms with Crippen molar-refractivity contribution in [2.24, 2.45) is 0 Å². The molecule has 0 atom stereocenters. The second-order valence-corrected chi connectivity index (χ2v) is 7.29. The lowest BCUT2D eigenvalue weighted by atomic mass is 10.0. The van der Waals surface area contributed by atoms with Crippen molar-refractivity contribution in [3.05, 3.63) is 69.8 Å². The lowest BCUT2D eigenvalue weighted by molar-refractivity contribution is -0.386. The van der Waals surface area contributed by atoms with Crippen molar-refractivity contribution in [3.63, 3.8) is 0 Å². The van der Waals surface area contributed by atoms with Crippen molar-refractivity contribution < 1.29 is 19.2 Å². The summed E-state index contributed by atoms with van der Waals surface area (Å²) in [5.74, 6) is -1.05. The van der Waals surface area contributed by atoms with E-state index in [0.29, 0.717) is 5.56 Å². The Morgan fingerprint density at radius 3 is 2.14 bits per heavy atom. The second-order valence-electron chi connectivity index (χ2n) is 7.29. The van der Waals surface area contributed by atoms with Gasteiger partial charge in [0, 0.05) is 12.1 Å². The van der Waals surface area contributed by atoms with E-state index in [9.17, 15) is 19.7 Å². The molecule has 0 saturated heterocycles. The SMILES string of the molecule is CCN(C(=O)c1ccccc1)N(C(=O)c1cccc(OC)c1[N+](=O)[O-])C(C)(C)C. The minimum absolute atomic E-state index is 0.0212. The summed E-state index contributed by atoms with van der Waals surface area (Å²) in [6, 6.07) is 12.9. The molecule has 8 heteroatoms. The average Bonchev–Trinajstić information content (AvgIpc) is 2.69. The number of para-hydroxylation sites is 1. The first-order valence-electron chi connectivity index (χ1n) is 9.16. The maximum Gasteiger partial charge on any atom is 0.323 e. The van der Waals surface area contributed by atoms with Crippen LogP contribution in [0.3, 0.4) is 0 Å². The third kappa shape index (κ3) is 4.53. The zero-order chi connectivity index (χ0) is 21.8. The fourth-order valence-electron chi connectivity index (χ4n) is 3.04. The van der Waals surface area contributed by atoms with Gasteiger partial charge in [-0.25, -0.2) is 10.0 Å². The summed E-state index contributed by atoms with van der Waals surface area (Å²) < 4.78 is 5.07. The molecule has 0 N–H and O–H groups in total. The van der Waals surface area contributed by atoms with E-state index < -0.39 is 22.1 Å². The van der Waals surface area contributed by atoms with Crippen LogP contribution in [0, 0.1) is 10.1 Å². The first-order valence-corrected chi connectivity index (χ1v) is 9.16. The van der Waals surface area contributed by atoms with Crippen LogP contribution in [-0.2, 0) is 0 Å². The summed E-state index contributed by atoms with van der Waals surface area (Å²) >= 11 is 0. The number of amides is 2. The zero-order valence-corrected chi connectivity index (χ0v) is 17.2. The Balaban J connectivity index is 2.60. The highest BCUT2D eigenvalue weighted by Crippen LogP contribution is 2.33. The van der Waals surface area contributed by atoms with Crippen LogP contribution in [0.5, 0.6) is 5.75 Å². The molecule has 0 aliphatic carbocycles. The molecular weight excluding hydrogens is 374 g/mol. The van der Waals surface area contributed by atoms with Gasteiger partial charge in [0.15, 0.2) is 5.75 Å². The van der Waals surface area contributed by atoms with Crippen molar-refractivity contribution in [1.29, 1.82) is 0 Å². The second kappa shape index (κ2) is 8.72. The van der Waals surface area contributed by atoms with Gasteiger partial charge in [-0.05, 0) is 52.0 Å². The van der Waals surface area contributed by atoms with Crippen molar-refractivity contribution >= 4 is 17.5 Å². The van der Waals surface area contributed by atoms with Gasteiger partial charge >= 0.3 is 5.69 Å². The van der Waals surface area contributed by atoms with E-state index >= 15 is 0 Å². The third-order valence-corrected chi connectivity index (χ3v) is 4.26. The average molecular weight is 399 g/mol. The van der Waals surface area contributed by atoms with Crippen molar-refractivity contribution in [3.8, 4) is 5.75 Å². The van der Waals surface area contributed by atoms with Crippen LogP contribution in [0.25, 0.3) is 0 Å². The number of hydrogen-bond acceptors (Lipinski definition) is 5. The summed E-state index contributed by atoms with van der Waals surface area (Å²) in [4.78, 5) is 37.6. The standard InChI is InChI=1S/C21H25N3O5/c1-6-22(19(25)15-11-8-7-9-12-15)23(21(2,3)4)20(26)16-13-10-14-17(29-5)18(16)24(27)28/h7-14H,6H2,1-5H3. The molecule has 2 aromatic rings. The topological polar surface area (TPSA) is 93.0 Å². The number of nitro groups is 1. The number of nitro benzene ring substituents is 1. The number of rotatable bonds is 5. The number of carbonyl (C=O) groups excluding carboxylic acids is 2. The minimum atomic E-state index is -0.825. The monoisotopic (exact) mass is 399 g/mol. The Bertz CT molecular complexity index is 906. The minimum Gasteiger partial charge on any atom is -0.490 e. The lowest BCUT2D eigenvalue weighted by Crippen LogP contribution is -2.58. The van der Waals surface area contributed by atoms with Crippen LogP contribution in [0.4, 0.5) is 5.69 Å². The summed E-state index contributed by atoms with van der Waals surface area (Å²) in [6.45, 7) is 7.23. The molecule has 0 bridgehead atoms. The molecule has 8 nitrogen and oxygen atoms in total. The fourth-order valence-corrected chi connectivity index (χ4v) is 3.04. The van der Waals surface area contributed by atoms with Gasteiger partial charge in [-0.1, -0.05) is 24.3 Å². The molecule has 0 spiro atoms. The van der Waals surface area contributed by atoms with E-state index in [1.807, 2.05) is 0 Å². The molecule has 2 rings (SSSR count). The Morgan fingerprint density at radius 2 is 1.66 bits per heavy atom. The predicted octanol–water partition coefficient (Wildman–Crippen LogP) is 3.92. The number of carbonyl (C=O) groups is 2. The van der Waals surface area contributed by atoms with Gasteiger partial charge in [0.05, 0.1) is 17.6 Å². The molecule has 0 radical (unpaired) electrons. The molecule has 0 aromatic heterocycles. The van der Waals surface area contributed by atoms with E-state index in [1.165, 1.54) is 35.3 Å². The van der Waals surface area contributed by atoms with Crippen LogP contribution in [0.15, 0.2) is 48.5 Å². The van der Waals surface area contributed by atoms with Gasteiger partial charge in [0.1, 0.15) is 5.56 Å². The molecule has 0 fully saturated rings. The molecule has 0 aliphatic rings. The zero-order valence-electron chi connectivity index (χ0n) is 17.2. The van der Waals surface area contributed by atoms with Gasteiger partial charge in [0.2, 0.25) is 0 Å². The Hall–Kier alpha value is -3.42. The van der Waals surface area contributed by atoms with Crippen LogP contribution in [0.2, 0.25) is 0 Å². The fraction of sp³-hybridized carbons (Fsp3) is 0.333. The quantitative estimate of drug-likeness (QED) is 0.561. The molecular formula is C21H25N3O5. The largest absolute Gasteiger partial charge is 0.490 e. The summed E-state index contributed by atoms with van der Waals surface area (Å²) in [6.07, 6.45) is 0. The molecule has 154 valence electrons. The van der Waals surface area contributed by atoms with Crippen molar-refractivity contribution in [2.45, 2.75) is 33.2 Å². The van der Waals surface area contributed by atoms with Crippen LogP contribution in [-0.4, -0.2) is 45.9 Å². The van der Waals surface area contributed by atoms with Crippen molar-refractivity contribution in [1.82, 2.24) is 10.0 Å². The lowest BCUT2D eigenvalue weighted by Gasteiger charge is -2.43. The molecule has 2 amide bonds. The van der Waals surface area contributed by atoms with Gasteiger partial charge in [-0.2, -0.15) is 0 Å². The third-order valence-electron chi connectivity index (χ3n) is 4.26. The van der Waals surface area contributed by atoms with Gasteiger partial charge in [0.25, 0.3) is 11.8 Å². The number of hydrazine groups is 1. The summed E-state index contributed by atoms with van der Waals surface area (Å²) in [7, 11) is 1.30. The van der Waals surface area contributed by atoms with E-state index in [4.69, 9.17) is 4.74 Å². The normalized spacial score (nSPS) is 10.9. The number of hydrogen-bond donors (Lipinski definition) is 0. The number of ether oxygens (including phenoxy) is 1. The Labute approximate surface area is 169 Å². The molecule has 0 saturated carbocycles. The van der Waals surface area contributed by atoms with Crippen molar-refractivity contribution in [2.75, 3.05) is 13.7 Å². The van der Waals surface area contributed by atoms with E-state index in [2.05, 4.69) is 0 Å². The summed E-state index contributed by atoms with van der Waals surface area (Å²) in [5.41, 5.74) is -0.994. The number of nitrogens with zero attached hydrogens (tertiary/aromatic N) is 3. The van der Waals surface area contributed by atoms with E-state index in [-0.39, 0.29) is 23.8 Å². The highest BCUT2D eigenvalue weighted by atomic mass is 16.6.